The van der Waals surface area contributed by atoms with Crippen LogP contribution < -0.4 is 5.32 Å². The molecule has 1 aromatic carbocycles. The van der Waals surface area contributed by atoms with Gasteiger partial charge in [0.25, 0.3) is 0 Å². The summed E-state index contributed by atoms with van der Waals surface area (Å²) in [5.74, 6) is 0.741. The molecule has 0 radical (unpaired) electrons. The summed E-state index contributed by atoms with van der Waals surface area (Å²) in [4.78, 5) is 0. The smallest absolute Gasteiger partial charge is 0.0136 e. The molecule has 1 nitrogen and oxygen atoms in total. The topological polar surface area (TPSA) is 12.0 Å². The first-order chi connectivity index (χ1) is 8.86. The summed E-state index contributed by atoms with van der Waals surface area (Å²) in [6.07, 6.45) is 9.70. The first-order valence-corrected chi connectivity index (χ1v) is 7.22. The maximum Gasteiger partial charge on any atom is 0.0136 e. The van der Waals surface area contributed by atoms with Crippen LogP contribution in [0, 0.1) is 0 Å². The van der Waals surface area contributed by atoms with E-state index in [9.17, 15) is 0 Å². The van der Waals surface area contributed by atoms with Gasteiger partial charge in [-0.05, 0) is 43.9 Å². The van der Waals surface area contributed by atoms with Crippen molar-refractivity contribution in [3.63, 3.8) is 0 Å². The van der Waals surface area contributed by atoms with E-state index in [0.717, 1.165) is 12.3 Å². The van der Waals surface area contributed by atoms with E-state index < -0.39 is 0 Å². The maximum atomic E-state index is 3.77. The number of fused-ring (bicyclic) bond motifs is 1. The van der Waals surface area contributed by atoms with Crippen LogP contribution in [0.1, 0.15) is 49.1 Å². The fourth-order valence-electron chi connectivity index (χ4n) is 3.03. The molecule has 0 saturated carbocycles. The van der Waals surface area contributed by atoms with Crippen molar-refractivity contribution in [2.45, 2.75) is 50.5 Å². The van der Waals surface area contributed by atoms with Gasteiger partial charge in [-0.2, -0.15) is 0 Å². The zero-order chi connectivity index (χ0) is 12.8. The molecule has 0 aliphatic heterocycles. The molecule has 18 heavy (non-hydrogen) atoms. The third-order valence-electron chi connectivity index (χ3n) is 4.17. The highest BCUT2D eigenvalue weighted by molar-refractivity contribution is 5.41. The highest BCUT2D eigenvalue weighted by Crippen LogP contribution is 2.38. The zero-order valence-corrected chi connectivity index (χ0v) is 11.5. The number of allylic oxidation sites excluding steroid dienone is 1. The van der Waals surface area contributed by atoms with Crippen molar-refractivity contribution in [2.75, 3.05) is 7.05 Å². The lowest BCUT2D eigenvalue weighted by molar-refractivity contribution is 0.388. The molecule has 1 N–H and O–H groups in total. The Morgan fingerprint density at radius 3 is 2.89 bits per heavy atom. The number of unbranched alkanes of at least 4 members (excludes halogenated alkanes) is 3. The predicted octanol–water partition coefficient (Wildman–Crippen LogP) is 4.05. The molecule has 0 aromatic heterocycles. The summed E-state index contributed by atoms with van der Waals surface area (Å²) in [6.45, 7) is 3.77. The van der Waals surface area contributed by atoms with Gasteiger partial charge in [0.15, 0.2) is 0 Å². The van der Waals surface area contributed by atoms with Gasteiger partial charge in [-0.3, -0.25) is 0 Å². The summed E-state index contributed by atoms with van der Waals surface area (Å²) in [6, 6.07) is 9.54. The standard InChI is InChI=1S/C17H25N/c1-3-4-5-6-7-12-17(18-2)16-13-14-10-8-9-11-15(14)16/h3,8-11,16-18H,1,4-7,12-13H2,2H3. The van der Waals surface area contributed by atoms with Crippen LogP contribution in [0.25, 0.3) is 0 Å². The normalized spacial score (nSPS) is 18.8. The molecule has 2 unspecified atom stereocenters. The minimum Gasteiger partial charge on any atom is -0.316 e. The average molecular weight is 243 g/mol. The molecule has 0 fully saturated rings. The minimum atomic E-state index is 0.656. The zero-order valence-electron chi connectivity index (χ0n) is 11.5. The number of hydrogen-bond donors (Lipinski definition) is 1. The van der Waals surface area contributed by atoms with Gasteiger partial charge < -0.3 is 5.32 Å². The summed E-state index contributed by atoms with van der Waals surface area (Å²) < 4.78 is 0. The first-order valence-electron chi connectivity index (χ1n) is 7.22. The van der Waals surface area contributed by atoms with Crippen LogP contribution >= 0.6 is 0 Å². The first kappa shape index (κ1) is 13.4. The lowest BCUT2D eigenvalue weighted by atomic mass is 9.72. The van der Waals surface area contributed by atoms with E-state index in [1.807, 2.05) is 6.08 Å². The Bertz CT molecular complexity index is 383. The molecule has 0 heterocycles. The van der Waals surface area contributed by atoms with Crippen molar-refractivity contribution in [1.82, 2.24) is 5.32 Å². The minimum absolute atomic E-state index is 0.656. The van der Waals surface area contributed by atoms with Crippen LogP contribution in [0.4, 0.5) is 0 Å². The van der Waals surface area contributed by atoms with E-state index in [-0.39, 0.29) is 0 Å². The molecule has 1 heteroatoms. The lowest BCUT2D eigenvalue weighted by Crippen LogP contribution is -2.38. The van der Waals surface area contributed by atoms with E-state index in [1.165, 1.54) is 32.1 Å². The second kappa shape index (κ2) is 6.75. The van der Waals surface area contributed by atoms with E-state index in [4.69, 9.17) is 0 Å². The quantitative estimate of drug-likeness (QED) is 0.536. The Labute approximate surface area is 111 Å². The van der Waals surface area contributed by atoms with Crippen LogP contribution in [0.3, 0.4) is 0 Å². The number of benzene rings is 1. The van der Waals surface area contributed by atoms with Crippen molar-refractivity contribution in [2.24, 2.45) is 0 Å². The molecule has 2 atom stereocenters. The second-order valence-electron chi connectivity index (χ2n) is 5.33. The van der Waals surface area contributed by atoms with Crippen molar-refractivity contribution < 1.29 is 0 Å². The fourth-order valence-corrected chi connectivity index (χ4v) is 3.03. The van der Waals surface area contributed by atoms with Gasteiger partial charge in [-0.25, -0.2) is 0 Å². The number of rotatable bonds is 8. The van der Waals surface area contributed by atoms with E-state index >= 15 is 0 Å². The maximum absolute atomic E-state index is 3.77. The predicted molar refractivity (Wildman–Crippen MR) is 79.0 cm³/mol. The van der Waals surface area contributed by atoms with Gasteiger partial charge in [0.05, 0.1) is 0 Å². The monoisotopic (exact) mass is 243 g/mol. The van der Waals surface area contributed by atoms with Gasteiger partial charge in [-0.15, -0.1) is 6.58 Å². The highest BCUT2D eigenvalue weighted by atomic mass is 14.9. The third-order valence-corrected chi connectivity index (χ3v) is 4.17. The van der Waals surface area contributed by atoms with Crippen molar-refractivity contribution in [3.8, 4) is 0 Å². The Morgan fingerprint density at radius 1 is 1.33 bits per heavy atom. The van der Waals surface area contributed by atoms with Crippen LogP contribution in [-0.2, 0) is 6.42 Å². The van der Waals surface area contributed by atoms with Crippen molar-refractivity contribution in [3.05, 3.63) is 48.0 Å². The molecule has 1 aliphatic carbocycles. The van der Waals surface area contributed by atoms with Gasteiger partial charge in [-0.1, -0.05) is 43.2 Å². The molecule has 98 valence electrons. The number of hydrogen-bond acceptors (Lipinski definition) is 1. The van der Waals surface area contributed by atoms with Gasteiger partial charge in [0.1, 0.15) is 0 Å². The SMILES string of the molecule is C=CCCCCCC(NC)C1Cc2ccccc21. The third kappa shape index (κ3) is 3.02. The second-order valence-corrected chi connectivity index (χ2v) is 5.33. The molecule has 2 rings (SSSR count). The van der Waals surface area contributed by atoms with Crippen molar-refractivity contribution >= 4 is 0 Å². The average Bonchev–Trinajstić information content (AvgIpc) is 2.37. The molecular formula is C17H25N. The van der Waals surface area contributed by atoms with Crippen molar-refractivity contribution in [1.29, 1.82) is 0 Å². The molecule has 1 aromatic rings. The highest BCUT2D eigenvalue weighted by Gasteiger charge is 2.31. The van der Waals surface area contributed by atoms with Gasteiger partial charge >= 0.3 is 0 Å². The van der Waals surface area contributed by atoms with Gasteiger partial charge in [0, 0.05) is 12.0 Å². The lowest BCUT2D eigenvalue weighted by Gasteiger charge is -2.36. The fraction of sp³-hybridized carbons (Fsp3) is 0.529. The molecule has 0 spiro atoms. The van der Waals surface area contributed by atoms with Gasteiger partial charge in [0.2, 0.25) is 0 Å². The Kier molecular flexibility index (Phi) is 5.00. The summed E-state index contributed by atoms with van der Waals surface area (Å²) >= 11 is 0. The summed E-state index contributed by atoms with van der Waals surface area (Å²) in [7, 11) is 2.11. The number of nitrogens with one attached hydrogen (secondary N) is 1. The molecule has 1 aliphatic rings. The summed E-state index contributed by atoms with van der Waals surface area (Å²) in [5.41, 5.74) is 3.12. The number of likely N-dealkylation sites (N-methyl/N-ethyl adjacent to an activating group) is 1. The van der Waals surface area contributed by atoms with Crippen LogP contribution in [0.2, 0.25) is 0 Å². The molecule has 0 amide bonds. The molecular weight excluding hydrogens is 218 g/mol. The van der Waals surface area contributed by atoms with Crippen LogP contribution in [0.15, 0.2) is 36.9 Å². The van der Waals surface area contributed by atoms with E-state index in [2.05, 4.69) is 43.2 Å². The van der Waals surface area contributed by atoms with Crippen LogP contribution in [0.5, 0.6) is 0 Å². The van der Waals surface area contributed by atoms with E-state index in [0.29, 0.717) is 6.04 Å². The Balaban J connectivity index is 1.79. The summed E-state index contributed by atoms with van der Waals surface area (Å²) in [5, 5.41) is 3.52. The molecule has 0 bridgehead atoms. The Hall–Kier alpha value is -1.08. The Morgan fingerprint density at radius 2 is 2.17 bits per heavy atom. The molecule has 0 saturated heterocycles. The van der Waals surface area contributed by atoms with E-state index in [1.54, 1.807) is 11.1 Å². The van der Waals surface area contributed by atoms with Crippen LogP contribution in [-0.4, -0.2) is 13.1 Å². The largest absolute Gasteiger partial charge is 0.316 e.